The Morgan fingerprint density at radius 2 is 1.97 bits per heavy atom. The number of hydrogen-bond donors (Lipinski definition) is 1. The third-order valence-electron chi connectivity index (χ3n) is 4.82. The van der Waals surface area contributed by atoms with Crippen molar-refractivity contribution in [1.82, 2.24) is 14.9 Å². The van der Waals surface area contributed by atoms with Crippen molar-refractivity contribution in [3.05, 3.63) is 57.5 Å². The van der Waals surface area contributed by atoms with E-state index in [0.29, 0.717) is 16.4 Å². The van der Waals surface area contributed by atoms with E-state index in [1.165, 1.54) is 30.6 Å². The van der Waals surface area contributed by atoms with Crippen LogP contribution in [-0.4, -0.2) is 33.9 Å². The number of anilines is 1. The topological polar surface area (TPSA) is 58.1 Å². The molecule has 5 nitrogen and oxygen atoms in total. The van der Waals surface area contributed by atoms with E-state index in [1.807, 2.05) is 36.6 Å². The molecule has 4 rings (SSSR count). The van der Waals surface area contributed by atoms with Crippen LogP contribution in [0.2, 0.25) is 0 Å². The normalized spacial score (nSPS) is 14.8. The van der Waals surface area contributed by atoms with Crippen LogP contribution in [0.5, 0.6) is 0 Å². The van der Waals surface area contributed by atoms with E-state index in [0.717, 1.165) is 40.9 Å². The number of carbonyl (C=O) groups is 1. The van der Waals surface area contributed by atoms with Gasteiger partial charge in [-0.3, -0.25) is 15.0 Å². The fourth-order valence-corrected chi connectivity index (χ4v) is 5.90. The molecule has 1 aliphatic heterocycles. The van der Waals surface area contributed by atoms with Gasteiger partial charge in [-0.2, -0.15) is 0 Å². The number of likely N-dealkylation sites (tertiary alicyclic amines) is 1. The highest BCUT2D eigenvalue weighted by atomic mass is 32.2. The Labute approximate surface area is 183 Å². The Kier molecular flexibility index (Phi) is 6.97. The number of nitrogens with one attached hydrogen (secondary N) is 1. The Bertz CT molecular complexity index is 962. The molecule has 0 atom stereocenters. The minimum Gasteiger partial charge on any atom is -0.298 e. The molecule has 0 spiro atoms. The van der Waals surface area contributed by atoms with Crippen molar-refractivity contribution in [2.75, 3.05) is 18.4 Å². The van der Waals surface area contributed by atoms with Crippen LogP contribution in [0.15, 0.2) is 39.4 Å². The van der Waals surface area contributed by atoms with Gasteiger partial charge in [0.15, 0.2) is 5.13 Å². The number of carbonyl (C=O) groups excluding carboxylic acids is 1. The third-order valence-corrected chi connectivity index (χ3v) is 7.81. The summed E-state index contributed by atoms with van der Waals surface area (Å²) < 4.78 is 1.03. The molecule has 152 valence electrons. The maximum atomic E-state index is 12.9. The zero-order valence-electron chi connectivity index (χ0n) is 16.4. The van der Waals surface area contributed by atoms with Crippen LogP contribution in [0.3, 0.4) is 0 Å². The molecular formula is C21H24N4OS3. The molecule has 1 aromatic carbocycles. The second-order valence-electron chi connectivity index (χ2n) is 7.14. The second kappa shape index (κ2) is 9.84. The Morgan fingerprint density at radius 1 is 1.14 bits per heavy atom. The summed E-state index contributed by atoms with van der Waals surface area (Å²) >= 11 is 4.80. The Morgan fingerprint density at radius 3 is 2.76 bits per heavy atom. The molecule has 0 aliphatic carbocycles. The number of hydrogen-bond acceptors (Lipinski definition) is 7. The Hall–Kier alpha value is -1.74. The lowest BCUT2D eigenvalue weighted by Crippen LogP contribution is -2.29. The summed E-state index contributed by atoms with van der Waals surface area (Å²) in [4.78, 5) is 24.4. The standard InChI is InChI=1S/C21H24N4OS3/c1-15-12-28-21(22-15)29-13-16-7-3-4-8-18(16)19(26)24-20-23-17(14-27-20)11-25-9-5-2-6-10-25/h3-4,7-8,12,14H,2,5-6,9-11,13H2,1H3,(H,23,24,26). The summed E-state index contributed by atoms with van der Waals surface area (Å²) in [6, 6.07) is 7.76. The van der Waals surface area contributed by atoms with Crippen LogP contribution >= 0.6 is 34.4 Å². The number of benzene rings is 1. The molecule has 0 radical (unpaired) electrons. The van der Waals surface area contributed by atoms with Crippen LogP contribution in [0, 0.1) is 6.92 Å². The van der Waals surface area contributed by atoms with Gasteiger partial charge in [0.05, 0.1) is 5.69 Å². The summed E-state index contributed by atoms with van der Waals surface area (Å²) in [5.41, 5.74) is 3.77. The first-order valence-corrected chi connectivity index (χ1v) is 12.5. The van der Waals surface area contributed by atoms with Gasteiger partial charge >= 0.3 is 0 Å². The molecule has 1 aliphatic rings. The van der Waals surface area contributed by atoms with Gasteiger partial charge in [-0.15, -0.1) is 22.7 Å². The van der Waals surface area contributed by atoms with Gasteiger partial charge in [0.1, 0.15) is 4.34 Å². The number of thiazole rings is 2. The lowest BCUT2D eigenvalue weighted by atomic mass is 10.1. The average molecular weight is 445 g/mol. The van der Waals surface area contributed by atoms with E-state index in [9.17, 15) is 4.79 Å². The predicted molar refractivity (Wildman–Crippen MR) is 122 cm³/mol. The van der Waals surface area contributed by atoms with Gasteiger partial charge in [-0.25, -0.2) is 9.97 Å². The smallest absolute Gasteiger partial charge is 0.257 e. The zero-order valence-corrected chi connectivity index (χ0v) is 18.8. The molecular weight excluding hydrogens is 420 g/mol. The monoisotopic (exact) mass is 444 g/mol. The number of amides is 1. The molecule has 1 fully saturated rings. The molecule has 3 aromatic rings. The number of nitrogens with zero attached hydrogens (tertiary/aromatic N) is 3. The lowest BCUT2D eigenvalue weighted by Gasteiger charge is -2.25. The van der Waals surface area contributed by atoms with Crippen molar-refractivity contribution in [2.45, 2.75) is 42.8 Å². The molecule has 1 N–H and O–H groups in total. The van der Waals surface area contributed by atoms with Gasteiger partial charge in [0.2, 0.25) is 0 Å². The summed E-state index contributed by atoms with van der Waals surface area (Å²) in [6.45, 7) is 5.15. The molecule has 0 bridgehead atoms. The maximum absolute atomic E-state index is 12.9. The van der Waals surface area contributed by atoms with Crippen molar-refractivity contribution in [2.24, 2.45) is 0 Å². The summed E-state index contributed by atoms with van der Waals surface area (Å²) in [6.07, 6.45) is 3.86. The maximum Gasteiger partial charge on any atom is 0.257 e. The van der Waals surface area contributed by atoms with Gasteiger partial charge in [-0.05, 0) is 44.5 Å². The van der Waals surface area contributed by atoms with E-state index in [-0.39, 0.29) is 5.91 Å². The van der Waals surface area contributed by atoms with Gasteiger partial charge in [0.25, 0.3) is 5.91 Å². The molecule has 29 heavy (non-hydrogen) atoms. The van der Waals surface area contributed by atoms with Gasteiger partial charge in [-0.1, -0.05) is 36.4 Å². The van der Waals surface area contributed by atoms with Crippen molar-refractivity contribution < 1.29 is 4.79 Å². The van der Waals surface area contributed by atoms with E-state index in [4.69, 9.17) is 0 Å². The highest BCUT2D eigenvalue weighted by Crippen LogP contribution is 2.28. The highest BCUT2D eigenvalue weighted by molar-refractivity contribution is 8.00. The largest absolute Gasteiger partial charge is 0.298 e. The molecule has 3 heterocycles. The SMILES string of the molecule is Cc1csc(SCc2ccccc2C(=O)Nc2nc(CN3CCCCC3)cs2)n1. The fraction of sp³-hybridized carbons (Fsp3) is 0.381. The van der Waals surface area contributed by atoms with Crippen molar-refractivity contribution in [1.29, 1.82) is 0 Å². The molecule has 8 heteroatoms. The van der Waals surface area contributed by atoms with Crippen LogP contribution in [-0.2, 0) is 12.3 Å². The molecule has 0 saturated carbocycles. The van der Waals surface area contributed by atoms with E-state index >= 15 is 0 Å². The molecule has 1 amide bonds. The highest BCUT2D eigenvalue weighted by Gasteiger charge is 2.16. The van der Waals surface area contributed by atoms with Crippen molar-refractivity contribution in [3.8, 4) is 0 Å². The zero-order chi connectivity index (χ0) is 20.1. The van der Waals surface area contributed by atoms with Crippen LogP contribution in [0.1, 0.15) is 46.6 Å². The summed E-state index contributed by atoms with van der Waals surface area (Å²) in [5, 5.41) is 7.75. The quantitative estimate of drug-likeness (QED) is 0.492. The van der Waals surface area contributed by atoms with E-state index < -0.39 is 0 Å². The van der Waals surface area contributed by atoms with Crippen molar-refractivity contribution >= 4 is 45.5 Å². The van der Waals surface area contributed by atoms with Gasteiger partial charge < -0.3 is 0 Å². The molecule has 2 aromatic heterocycles. The predicted octanol–water partition coefficient (Wildman–Crippen LogP) is 5.44. The Balaban J connectivity index is 1.38. The van der Waals surface area contributed by atoms with E-state index in [1.54, 1.807) is 23.1 Å². The third kappa shape index (κ3) is 5.66. The molecule has 1 saturated heterocycles. The summed E-state index contributed by atoms with van der Waals surface area (Å²) in [5.74, 6) is 0.615. The minimum atomic E-state index is -0.101. The number of thioether (sulfide) groups is 1. The number of piperidine rings is 1. The van der Waals surface area contributed by atoms with Crippen LogP contribution in [0.25, 0.3) is 0 Å². The lowest BCUT2D eigenvalue weighted by molar-refractivity contribution is 0.102. The van der Waals surface area contributed by atoms with Crippen LogP contribution in [0.4, 0.5) is 5.13 Å². The first kappa shape index (κ1) is 20.5. The van der Waals surface area contributed by atoms with Crippen LogP contribution < -0.4 is 5.32 Å². The summed E-state index contributed by atoms with van der Waals surface area (Å²) in [7, 11) is 0. The fourth-order valence-electron chi connectivity index (χ4n) is 3.35. The number of rotatable bonds is 7. The first-order valence-electron chi connectivity index (χ1n) is 9.78. The number of aryl methyl sites for hydroxylation is 1. The van der Waals surface area contributed by atoms with E-state index in [2.05, 4.69) is 25.6 Å². The minimum absolute atomic E-state index is 0.101. The second-order valence-corrected chi connectivity index (χ2v) is 10.1. The van der Waals surface area contributed by atoms with Gasteiger partial charge in [0, 0.05) is 34.3 Å². The average Bonchev–Trinajstić information content (AvgIpc) is 3.36. The molecule has 0 unspecified atom stereocenters. The first-order chi connectivity index (χ1) is 14.2. The van der Waals surface area contributed by atoms with Crippen molar-refractivity contribution in [3.63, 3.8) is 0 Å². The number of aromatic nitrogens is 2.